The average Bonchev–Trinajstić information content (AvgIpc) is 3.26. The van der Waals surface area contributed by atoms with E-state index in [0.29, 0.717) is 6.79 Å². The number of rotatable bonds is 12. The normalized spacial score (nSPS) is 13.8. The molecule has 3 heteroatoms. The maximum Gasteiger partial charge on any atom is 0.231 e. The van der Waals surface area contributed by atoms with Crippen LogP contribution in [0.2, 0.25) is 0 Å². The summed E-state index contributed by atoms with van der Waals surface area (Å²) in [5.41, 5.74) is 6.41. The highest BCUT2D eigenvalue weighted by molar-refractivity contribution is 5.90. The maximum atomic E-state index is 5.65. The summed E-state index contributed by atoms with van der Waals surface area (Å²) in [6, 6.07) is 10.9. The minimum atomic E-state index is 0.320. The van der Waals surface area contributed by atoms with Crippen LogP contribution in [0, 0.1) is 0 Å². The molecule has 2 aromatic carbocycles. The standard InChI is InChI=1S/C28H37NO2/c1-3-5-6-7-8-9-10-11-12-13-17-29-20-23-18-26-27(31-21-30-26)19-25(23)24-16-14-15-22(4-2)28(24)29/h4,14-16,18-19H,2-3,5-13,17,20-21H2,1H3. The van der Waals surface area contributed by atoms with Crippen molar-refractivity contribution >= 4 is 11.8 Å². The summed E-state index contributed by atoms with van der Waals surface area (Å²) in [5, 5.41) is 0. The molecule has 4 rings (SSSR count). The molecule has 0 unspecified atom stereocenters. The SMILES string of the molecule is C=Cc1cccc2c1N(CCCCCCCCCCCC)Cc1cc3c(cc1-2)OCO3. The molecule has 2 aliphatic heterocycles. The first-order valence-electron chi connectivity index (χ1n) is 12.2. The zero-order valence-electron chi connectivity index (χ0n) is 19.1. The third-order valence-corrected chi connectivity index (χ3v) is 6.63. The van der Waals surface area contributed by atoms with Crippen molar-refractivity contribution in [2.45, 2.75) is 77.7 Å². The van der Waals surface area contributed by atoms with Gasteiger partial charge >= 0.3 is 0 Å². The molecular weight excluding hydrogens is 382 g/mol. The molecule has 0 amide bonds. The number of ether oxygens (including phenoxy) is 2. The molecule has 0 aromatic heterocycles. The molecular formula is C28H37NO2. The first-order valence-corrected chi connectivity index (χ1v) is 12.2. The zero-order valence-corrected chi connectivity index (χ0v) is 19.1. The van der Waals surface area contributed by atoms with Crippen molar-refractivity contribution in [3.05, 3.63) is 48.0 Å². The van der Waals surface area contributed by atoms with Crippen LogP contribution in [0.4, 0.5) is 5.69 Å². The maximum absolute atomic E-state index is 5.65. The number of nitrogens with zero attached hydrogens (tertiary/aromatic N) is 1. The Labute approximate surface area is 188 Å². The van der Waals surface area contributed by atoms with E-state index in [1.807, 2.05) is 6.08 Å². The zero-order chi connectivity index (χ0) is 21.5. The predicted molar refractivity (Wildman–Crippen MR) is 131 cm³/mol. The Morgan fingerprint density at radius 3 is 2.26 bits per heavy atom. The first kappa shape index (κ1) is 21.8. The number of anilines is 1. The molecule has 2 aliphatic rings. The molecule has 3 nitrogen and oxygen atoms in total. The monoisotopic (exact) mass is 419 g/mol. The second-order valence-electron chi connectivity index (χ2n) is 8.91. The van der Waals surface area contributed by atoms with Crippen LogP contribution in [-0.2, 0) is 6.54 Å². The van der Waals surface area contributed by atoms with Crippen molar-refractivity contribution in [3.63, 3.8) is 0 Å². The molecule has 0 spiro atoms. The smallest absolute Gasteiger partial charge is 0.231 e. The fourth-order valence-corrected chi connectivity index (χ4v) is 4.93. The van der Waals surface area contributed by atoms with Crippen LogP contribution < -0.4 is 14.4 Å². The van der Waals surface area contributed by atoms with Crippen molar-refractivity contribution < 1.29 is 9.47 Å². The third kappa shape index (κ3) is 5.08. The lowest BCUT2D eigenvalue weighted by molar-refractivity contribution is 0.174. The molecule has 0 radical (unpaired) electrons. The van der Waals surface area contributed by atoms with Gasteiger partial charge in [0.15, 0.2) is 11.5 Å². The van der Waals surface area contributed by atoms with E-state index < -0.39 is 0 Å². The molecule has 0 atom stereocenters. The molecule has 2 heterocycles. The van der Waals surface area contributed by atoms with Crippen LogP contribution in [0.25, 0.3) is 17.2 Å². The van der Waals surface area contributed by atoms with E-state index >= 15 is 0 Å². The van der Waals surface area contributed by atoms with Gasteiger partial charge in [0.1, 0.15) is 0 Å². The Balaban J connectivity index is 1.37. The van der Waals surface area contributed by atoms with Crippen molar-refractivity contribution in [2.24, 2.45) is 0 Å². The number of hydrogen-bond acceptors (Lipinski definition) is 3. The van der Waals surface area contributed by atoms with E-state index in [2.05, 4.69) is 48.7 Å². The van der Waals surface area contributed by atoms with Gasteiger partial charge in [-0.1, -0.05) is 95.6 Å². The van der Waals surface area contributed by atoms with Gasteiger partial charge in [0, 0.05) is 18.7 Å². The second-order valence-corrected chi connectivity index (χ2v) is 8.91. The van der Waals surface area contributed by atoms with Crippen LogP contribution in [0.15, 0.2) is 36.9 Å². The lowest BCUT2D eigenvalue weighted by Crippen LogP contribution is -2.28. The molecule has 166 valence electrons. The Bertz CT molecular complexity index is 889. The predicted octanol–water partition coefficient (Wildman–Crippen LogP) is 7.97. The molecule has 0 saturated heterocycles. The van der Waals surface area contributed by atoms with Gasteiger partial charge in [-0.2, -0.15) is 0 Å². The molecule has 0 aliphatic carbocycles. The van der Waals surface area contributed by atoms with Crippen LogP contribution in [0.1, 0.15) is 82.3 Å². The Hall–Kier alpha value is -2.42. The summed E-state index contributed by atoms with van der Waals surface area (Å²) in [7, 11) is 0. The molecule has 0 bridgehead atoms. The summed E-state index contributed by atoms with van der Waals surface area (Å²) >= 11 is 0. The van der Waals surface area contributed by atoms with Crippen LogP contribution in [0.5, 0.6) is 11.5 Å². The highest BCUT2D eigenvalue weighted by Gasteiger charge is 2.27. The van der Waals surface area contributed by atoms with E-state index in [0.717, 1.165) is 24.6 Å². The molecule has 0 N–H and O–H groups in total. The van der Waals surface area contributed by atoms with E-state index in [-0.39, 0.29) is 0 Å². The van der Waals surface area contributed by atoms with Gasteiger partial charge in [-0.05, 0) is 35.2 Å². The largest absolute Gasteiger partial charge is 0.454 e. The minimum absolute atomic E-state index is 0.320. The van der Waals surface area contributed by atoms with Crippen molar-refractivity contribution in [1.29, 1.82) is 0 Å². The number of unbranched alkanes of at least 4 members (excludes halogenated alkanes) is 9. The minimum Gasteiger partial charge on any atom is -0.454 e. The number of fused-ring (bicyclic) bond motifs is 4. The summed E-state index contributed by atoms with van der Waals surface area (Å²) in [5.74, 6) is 1.73. The summed E-state index contributed by atoms with van der Waals surface area (Å²) in [4.78, 5) is 2.54. The Morgan fingerprint density at radius 2 is 1.55 bits per heavy atom. The molecule has 0 fully saturated rings. The third-order valence-electron chi connectivity index (χ3n) is 6.63. The van der Waals surface area contributed by atoms with Crippen LogP contribution in [-0.4, -0.2) is 13.3 Å². The van der Waals surface area contributed by atoms with Crippen molar-refractivity contribution in [3.8, 4) is 22.6 Å². The fraction of sp³-hybridized carbons (Fsp3) is 0.500. The van der Waals surface area contributed by atoms with E-state index in [1.165, 1.54) is 92.1 Å². The van der Waals surface area contributed by atoms with Gasteiger partial charge in [-0.15, -0.1) is 0 Å². The van der Waals surface area contributed by atoms with Gasteiger partial charge in [0.25, 0.3) is 0 Å². The second kappa shape index (κ2) is 10.7. The summed E-state index contributed by atoms with van der Waals surface area (Å²) < 4.78 is 11.3. The van der Waals surface area contributed by atoms with E-state index in [4.69, 9.17) is 9.47 Å². The number of benzene rings is 2. The molecule has 0 saturated carbocycles. The van der Waals surface area contributed by atoms with Crippen LogP contribution in [0.3, 0.4) is 0 Å². The highest BCUT2D eigenvalue weighted by atomic mass is 16.7. The fourth-order valence-electron chi connectivity index (χ4n) is 4.93. The van der Waals surface area contributed by atoms with Gasteiger partial charge in [0.2, 0.25) is 6.79 Å². The van der Waals surface area contributed by atoms with Crippen molar-refractivity contribution in [1.82, 2.24) is 0 Å². The Kier molecular flexibility index (Phi) is 7.56. The number of para-hydroxylation sites is 1. The lowest BCUT2D eigenvalue weighted by Gasteiger charge is -2.34. The van der Waals surface area contributed by atoms with Crippen LogP contribution >= 0.6 is 0 Å². The average molecular weight is 420 g/mol. The number of hydrogen-bond donors (Lipinski definition) is 0. The van der Waals surface area contributed by atoms with Gasteiger partial charge in [0.05, 0.1) is 5.69 Å². The van der Waals surface area contributed by atoms with Gasteiger partial charge in [-0.25, -0.2) is 0 Å². The summed E-state index contributed by atoms with van der Waals surface area (Å²) in [6.45, 7) is 8.68. The van der Waals surface area contributed by atoms with E-state index in [9.17, 15) is 0 Å². The highest BCUT2D eigenvalue weighted by Crippen LogP contribution is 2.46. The topological polar surface area (TPSA) is 21.7 Å². The quantitative estimate of drug-likeness (QED) is 0.326. The molecule has 31 heavy (non-hydrogen) atoms. The van der Waals surface area contributed by atoms with Gasteiger partial charge in [-0.3, -0.25) is 0 Å². The first-order chi connectivity index (χ1) is 15.3. The van der Waals surface area contributed by atoms with E-state index in [1.54, 1.807) is 0 Å². The summed E-state index contributed by atoms with van der Waals surface area (Å²) in [6.07, 6.45) is 15.6. The molecule has 2 aromatic rings. The van der Waals surface area contributed by atoms with Gasteiger partial charge < -0.3 is 14.4 Å². The Morgan fingerprint density at radius 1 is 0.871 bits per heavy atom. The van der Waals surface area contributed by atoms with Crippen molar-refractivity contribution in [2.75, 3.05) is 18.2 Å². The lowest BCUT2D eigenvalue weighted by atomic mass is 9.90.